The van der Waals surface area contributed by atoms with Crippen LogP contribution < -0.4 is 10.1 Å². The summed E-state index contributed by atoms with van der Waals surface area (Å²) in [5.41, 5.74) is 4.07. The highest BCUT2D eigenvalue weighted by Gasteiger charge is 2.16. The number of aryl methyl sites for hydroxylation is 1. The molecule has 0 unspecified atom stereocenters. The Morgan fingerprint density at radius 3 is 2.70 bits per heavy atom. The standard InChI is InChI=1S/C24H22N4O2/c1-4-12-30-21-10-11-22(17(2)13-21)23-19(14-18(15-25)24(29)26-3)16-28(27-23)20-8-6-5-7-9-20/h4-11,13-14,16H,1,12H2,2-3H3,(H,26,29)/b18-14-. The van der Waals surface area contributed by atoms with E-state index in [4.69, 9.17) is 9.84 Å². The maximum Gasteiger partial charge on any atom is 0.261 e. The van der Waals surface area contributed by atoms with E-state index in [-0.39, 0.29) is 5.57 Å². The van der Waals surface area contributed by atoms with Gasteiger partial charge in [-0.3, -0.25) is 4.79 Å². The van der Waals surface area contributed by atoms with Gasteiger partial charge in [0.1, 0.15) is 29.7 Å². The first-order valence-corrected chi connectivity index (χ1v) is 9.41. The number of carbonyl (C=O) groups excluding carboxylic acids is 1. The molecular weight excluding hydrogens is 376 g/mol. The zero-order valence-corrected chi connectivity index (χ0v) is 16.9. The molecule has 0 aliphatic rings. The largest absolute Gasteiger partial charge is 0.490 e. The van der Waals surface area contributed by atoms with Gasteiger partial charge in [-0.25, -0.2) is 4.68 Å². The third-order valence-electron chi connectivity index (χ3n) is 4.48. The van der Waals surface area contributed by atoms with E-state index in [0.717, 1.165) is 22.6 Å². The number of amides is 1. The van der Waals surface area contributed by atoms with Crippen LogP contribution in [0.25, 0.3) is 23.0 Å². The number of benzene rings is 2. The van der Waals surface area contributed by atoms with Crippen LogP contribution >= 0.6 is 0 Å². The monoisotopic (exact) mass is 398 g/mol. The minimum atomic E-state index is -0.444. The fourth-order valence-corrected chi connectivity index (χ4v) is 3.00. The molecule has 1 N–H and O–H groups in total. The lowest BCUT2D eigenvalue weighted by atomic mass is 10.0. The molecule has 30 heavy (non-hydrogen) atoms. The van der Waals surface area contributed by atoms with Gasteiger partial charge in [0.05, 0.1) is 5.69 Å². The molecule has 0 saturated carbocycles. The molecule has 1 heterocycles. The number of hydrogen-bond donors (Lipinski definition) is 1. The van der Waals surface area contributed by atoms with E-state index in [1.807, 2.05) is 67.7 Å². The predicted molar refractivity (Wildman–Crippen MR) is 117 cm³/mol. The molecule has 0 radical (unpaired) electrons. The van der Waals surface area contributed by atoms with Gasteiger partial charge < -0.3 is 10.1 Å². The molecule has 6 nitrogen and oxygen atoms in total. The van der Waals surface area contributed by atoms with E-state index >= 15 is 0 Å². The van der Waals surface area contributed by atoms with Crippen LogP contribution in [0.2, 0.25) is 0 Å². The first-order chi connectivity index (χ1) is 14.6. The second-order valence-corrected chi connectivity index (χ2v) is 6.54. The summed E-state index contributed by atoms with van der Waals surface area (Å²) in [6.07, 6.45) is 5.06. The van der Waals surface area contributed by atoms with Crippen LogP contribution in [0.15, 0.2) is 73.0 Å². The van der Waals surface area contributed by atoms with Crippen molar-refractivity contribution in [1.82, 2.24) is 15.1 Å². The number of nitriles is 1. The summed E-state index contributed by atoms with van der Waals surface area (Å²) in [4.78, 5) is 12.0. The Bertz CT molecular complexity index is 1140. The Balaban J connectivity index is 2.14. The number of likely N-dealkylation sites (N-methyl/N-ethyl adjacent to an activating group) is 1. The van der Waals surface area contributed by atoms with Gasteiger partial charge in [-0.1, -0.05) is 30.9 Å². The lowest BCUT2D eigenvalue weighted by Crippen LogP contribution is -2.19. The highest BCUT2D eigenvalue weighted by Crippen LogP contribution is 2.30. The topological polar surface area (TPSA) is 79.9 Å². The van der Waals surface area contributed by atoms with Gasteiger partial charge in [-0.05, 0) is 48.9 Å². The van der Waals surface area contributed by atoms with E-state index in [9.17, 15) is 10.1 Å². The molecule has 1 amide bonds. The first-order valence-electron chi connectivity index (χ1n) is 9.41. The van der Waals surface area contributed by atoms with Gasteiger partial charge in [0.15, 0.2) is 0 Å². The number of hydrogen-bond acceptors (Lipinski definition) is 4. The Morgan fingerprint density at radius 2 is 2.07 bits per heavy atom. The Labute approximate surface area is 175 Å². The maximum atomic E-state index is 12.0. The molecule has 3 aromatic rings. The quantitative estimate of drug-likeness (QED) is 0.370. The molecule has 0 atom stereocenters. The van der Waals surface area contributed by atoms with Gasteiger partial charge in [0.2, 0.25) is 0 Å². The van der Waals surface area contributed by atoms with Gasteiger partial charge >= 0.3 is 0 Å². The van der Waals surface area contributed by atoms with Crippen LogP contribution in [0.3, 0.4) is 0 Å². The third-order valence-corrected chi connectivity index (χ3v) is 4.48. The zero-order valence-electron chi connectivity index (χ0n) is 16.9. The van der Waals surface area contributed by atoms with Crippen molar-refractivity contribution in [2.24, 2.45) is 0 Å². The second kappa shape index (κ2) is 9.39. The van der Waals surface area contributed by atoms with Crippen LogP contribution in [0.4, 0.5) is 0 Å². The average molecular weight is 398 g/mol. The highest BCUT2D eigenvalue weighted by molar-refractivity contribution is 6.02. The normalized spacial score (nSPS) is 10.9. The van der Waals surface area contributed by atoms with E-state index in [0.29, 0.717) is 17.9 Å². The van der Waals surface area contributed by atoms with Crippen molar-refractivity contribution in [3.63, 3.8) is 0 Å². The van der Waals surface area contributed by atoms with Gasteiger partial charge in [-0.2, -0.15) is 10.4 Å². The third kappa shape index (κ3) is 4.47. The fourth-order valence-electron chi connectivity index (χ4n) is 3.00. The SMILES string of the molecule is C=CCOc1ccc(-c2nn(-c3ccccc3)cc2/C=C(/C#N)C(=O)NC)c(C)c1. The smallest absolute Gasteiger partial charge is 0.261 e. The summed E-state index contributed by atoms with van der Waals surface area (Å²) in [6.45, 7) is 6.05. The number of nitrogens with one attached hydrogen (secondary N) is 1. The zero-order chi connectivity index (χ0) is 21.5. The molecule has 1 aromatic heterocycles. The van der Waals surface area contributed by atoms with Crippen molar-refractivity contribution in [2.75, 3.05) is 13.7 Å². The van der Waals surface area contributed by atoms with Gasteiger partial charge in [0.25, 0.3) is 5.91 Å². The van der Waals surface area contributed by atoms with E-state index < -0.39 is 5.91 Å². The lowest BCUT2D eigenvalue weighted by molar-refractivity contribution is -0.116. The molecule has 150 valence electrons. The second-order valence-electron chi connectivity index (χ2n) is 6.54. The number of ether oxygens (including phenoxy) is 1. The van der Waals surface area contributed by atoms with E-state index in [1.165, 1.54) is 7.05 Å². The fraction of sp³-hybridized carbons (Fsp3) is 0.125. The maximum absolute atomic E-state index is 12.0. The number of carbonyl (C=O) groups is 1. The molecule has 0 saturated heterocycles. The molecule has 3 rings (SSSR count). The van der Waals surface area contributed by atoms with Crippen LogP contribution in [0.1, 0.15) is 11.1 Å². The minimum Gasteiger partial charge on any atom is -0.490 e. The first kappa shape index (κ1) is 20.6. The summed E-state index contributed by atoms with van der Waals surface area (Å²) >= 11 is 0. The molecule has 2 aromatic carbocycles. The Morgan fingerprint density at radius 1 is 1.30 bits per heavy atom. The molecule has 0 spiro atoms. The molecular formula is C24H22N4O2. The van der Waals surface area contributed by atoms with Crippen LogP contribution in [0, 0.1) is 18.3 Å². The van der Waals surface area contributed by atoms with E-state index in [1.54, 1.807) is 16.8 Å². The van der Waals surface area contributed by atoms with E-state index in [2.05, 4.69) is 11.9 Å². The van der Waals surface area contributed by atoms with Crippen molar-refractivity contribution in [3.8, 4) is 28.8 Å². The Hall–Kier alpha value is -4.11. The molecule has 0 fully saturated rings. The average Bonchev–Trinajstić information content (AvgIpc) is 3.19. The summed E-state index contributed by atoms with van der Waals surface area (Å²) in [6, 6.07) is 17.3. The summed E-state index contributed by atoms with van der Waals surface area (Å²) in [7, 11) is 1.49. The van der Waals surface area contributed by atoms with Crippen molar-refractivity contribution < 1.29 is 9.53 Å². The molecule has 0 aliphatic carbocycles. The van der Waals surface area contributed by atoms with Gasteiger partial charge in [0, 0.05) is 24.4 Å². The number of nitrogens with zero attached hydrogens (tertiary/aromatic N) is 3. The summed E-state index contributed by atoms with van der Waals surface area (Å²) in [5, 5.41) is 16.7. The predicted octanol–water partition coefficient (Wildman–Crippen LogP) is 4.07. The van der Waals surface area contributed by atoms with Crippen LogP contribution in [-0.4, -0.2) is 29.3 Å². The van der Waals surface area contributed by atoms with Crippen molar-refractivity contribution in [3.05, 3.63) is 84.1 Å². The summed E-state index contributed by atoms with van der Waals surface area (Å²) in [5.74, 6) is 0.291. The number of para-hydroxylation sites is 1. The van der Waals surface area contributed by atoms with Gasteiger partial charge in [-0.15, -0.1) is 0 Å². The molecule has 0 bridgehead atoms. The summed E-state index contributed by atoms with van der Waals surface area (Å²) < 4.78 is 7.35. The van der Waals surface area contributed by atoms with Crippen molar-refractivity contribution >= 4 is 12.0 Å². The molecule has 6 heteroatoms. The molecule has 0 aliphatic heterocycles. The van der Waals surface area contributed by atoms with Crippen molar-refractivity contribution in [1.29, 1.82) is 5.26 Å². The van der Waals surface area contributed by atoms with Crippen LogP contribution in [0.5, 0.6) is 5.75 Å². The minimum absolute atomic E-state index is 0.00921. The highest BCUT2D eigenvalue weighted by atomic mass is 16.5. The lowest BCUT2D eigenvalue weighted by Gasteiger charge is -2.08. The number of aromatic nitrogens is 2. The van der Waals surface area contributed by atoms with Crippen molar-refractivity contribution in [2.45, 2.75) is 6.92 Å². The Kier molecular flexibility index (Phi) is 6.46. The van der Waals surface area contributed by atoms with Crippen LogP contribution in [-0.2, 0) is 4.79 Å². The number of rotatable bonds is 7.